The number of benzene rings is 1. The van der Waals surface area contributed by atoms with Gasteiger partial charge in [0.2, 0.25) is 0 Å². The molecule has 1 aliphatic rings. The van der Waals surface area contributed by atoms with Crippen LogP contribution in [0.5, 0.6) is 0 Å². The third-order valence-electron chi connectivity index (χ3n) is 3.13. The van der Waals surface area contributed by atoms with Crippen LogP contribution in [0.1, 0.15) is 28.2 Å². The van der Waals surface area contributed by atoms with Gasteiger partial charge in [0.15, 0.2) is 6.29 Å². The van der Waals surface area contributed by atoms with Crippen LogP contribution in [0.3, 0.4) is 0 Å². The van der Waals surface area contributed by atoms with E-state index in [-0.39, 0.29) is 5.82 Å². The second-order valence-corrected chi connectivity index (χ2v) is 4.17. The monoisotopic (exact) mass is 230 g/mol. The van der Waals surface area contributed by atoms with E-state index < -0.39 is 0 Å². The summed E-state index contributed by atoms with van der Waals surface area (Å²) in [6.07, 6.45) is 3.59. The molecule has 0 bridgehead atoms. The molecule has 0 saturated heterocycles. The van der Waals surface area contributed by atoms with Gasteiger partial charge < -0.3 is 0 Å². The molecule has 3 nitrogen and oxygen atoms in total. The Balaban J connectivity index is 2.18. The van der Waals surface area contributed by atoms with Gasteiger partial charge in [-0.25, -0.2) is 9.07 Å². The van der Waals surface area contributed by atoms with Gasteiger partial charge in [0.05, 0.1) is 5.69 Å². The Morgan fingerprint density at radius 3 is 3.00 bits per heavy atom. The number of carbonyl (C=O) groups is 1. The standard InChI is InChI=1S/C13H11FN2O/c14-9-3-1-4-10(7-9)16-13-6-2-5-11(13)12(8-17)15-16/h1,3-4,7-8H,2,5-6H2. The molecule has 0 amide bonds. The van der Waals surface area contributed by atoms with Gasteiger partial charge in [-0.15, -0.1) is 0 Å². The van der Waals surface area contributed by atoms with Gasteiger partial charge in [0, 0.05) is 11.3 Å². The fourth-order valence-electron chi connectivity index (χ4n) is 2.38. The van der Waals surface area contributed by atoms with Crippen molar-refractivity contribution in [2.24, 2.45) is 0 Å². The third-order valence-corrected chi connectivity index (χ3v) is 3.13. The van der Waals surface area contributed by atoms with Crippen LogP contribution in [0.25, 0.3) is 5.69 Å². The Morgan fingerprint density at radius 2 is 2.24 bits per heavy atom. The Hall–Kier alpha value is -1.97. The van der Waals surface area contributed by atoms with Crippen LogP contribution >= 0.6 is 0 Å². The first kappa shape index (κ1) is 10.2. The summed E-state index contributed by atoms with van der Waals surface area (Å²) >= 11 is 0. The summed E-state index contributed by atoms with van der Waals surface area (Å²) in [5, 5.41) is 4.24. The van der Waals surface area contributed by atoms with E-state index in [9.17, 15) is 9.18 Å². The molecular formula is C13H11FN2O. The summed E-state index contributed by atoms with van der Waals surface area (Å²) < 4.78 is 14.9. The highest BCUT2D eigenvalue weighted by molar-refractivity contribution is 5.75. The lowest BCUT2D eigenvalue weighted by Gasteiger charge is -2.04. The summed E-state index contributed by atoms with van der Waals surface area (Å²) in [5.74, 6) is -0.294. The largest absolute Gasteiger partial charge is 0.296 e. The number of aromatic nitrogens is 2. The predicted molar refractivity (Wildman–Crippen MR) is 60.9 cm³/mol. The van der Waals surface area contributed by atoms with Crippen LogP contribution in [0.4, 0.5) is 4.39 Å². The minimum atomic E-state index is -0.294. The molecule has 17 heavy (non-hydrogen) atoms. The normalized spacial score (nSPS) is 13.7. The van der Waals surface area contributed by atoms with Crippen molar-refractivity contribution in [1.29, 1.82) is 0 Å². The zero-order valence-electron chi connectivity index (χ0n) is 9.19. The number of nitrogens with zero attached hydrogens (tertiary/aromatic N) is 2. The lowest BCUT2D eigenvalue weighted by molar-refractivity contribution is 0.111. The molecule has 0 fully saturated rings. The van der Waals surface area contributed by atoms with E-state index in [4.69, 9.17) is 0 Å². The first-order valence-corrected chi connectivity index (χ1v) is 5.61. The van der Waals surface area contributed by atoms with Crippen LogP contribution in [0.15, 0.2) is 24.3 Å². The van der Waals surface area contributed by atoms with Gasteiger partial charge in [-0.3, -0.25) is 4.79 Å². The van der Waals surface area contributed by atoms with Crippen molar-refractivity contribution in [3.8, 4) is 5.69 Å². The number of rotatable bonds is 2. The Bertz CT molecular complexity index is 589. The number of halogens is 1. The molecular weight excluding hydrogens is 219 g/mol. The van der Waals surface area contributed by atoms with Gasteiger partial charge in [0.25, 0.3) is 0 Å². The van der Waals surface area contributed by atoms with E-state index in [1.165, 1.54) is 12.1 Å². The maximum atomic E-state index is 13.2. The molecule has 0 N–H and O–H groups in total. The molecule has 86 valence electrons. The average Bonchev–Trinajstić information content (AvgIpc) is 2.89. The van der Waals surface area contributed by atoms with Crippen molar-refractivity contribution >= 4 is 6.29 Å². The molecule has 0 saturated carbocycles. The summed E-state index contributed by atoms with van der Waals surface area (Å²) in [6, 6.07) is 6.27. The molecule has 0 unspecified atom stereocenters. The smallest absolute Gasteiger partial charge is 0.170 e. The molecule has 0 radical (unpaired) electrons. The molecule has 0 spiro atoms. The van der Waals surface area contributed by atoms with Crippen LogP contribution in [-0.2, 0) is 12.8 Å². The van der Waals surface area contributed by atoms with Crippen LogP contribution in [0, 0.1) is 5.82 Å². The molecule has 2 aromatic rings. The molecule has 1 aliphatic carbocycles. The van der Waals surface area contributed by atoms with E-state index in [1.807, 2.05) is 0 Å². The first-order valence-electron chi connectivity index (χ1n) is 5.61. The number of carbonyl (C=O) groups excluding carboxylic acids is 1. The third kappa shape index (κ3) is 1.56. The van der Waals surface area contributed by atoms with E-state index in [0.29, 0.717) is 11.4 Å². The Kier molecular flexibility index (Phi) is 2.28. The fraction of sp³-hybridized carbons (Fsp3) is 0.231. The average molecular weight is 230 g/mol. The molecule has 0 atom stereocenters. The molecule has 4 heteroatoms. The summed E-state index contributed by atoms with van der Waals surface area (Å²) in [6.45, 7) is 0. The minimum Gasteiger partial charge on any atom is -0.296 e. The summed E-state index contributed by atoms with van der Waals surface area (Å²) in [7, 11) is 0. The topological polar surface area (TPSA) is 34.9 Å². The van der Waals surface area contributed by atoms with Gasteiger partial charge in [-0.2, -0.15) is 5.10 Å². The van der Waals surface area contributed by atoms with Crippen LogP contribution in [-0.4, -0.2) is 16.1 Å². The quantitative estimate of drug-likeness (QED) is 0.742. The number of fused-ring (bicyclic) bond motifs is 1. The molecule has 1 aromatic heterocycles. The highest BCUT2D eigenvalue weighted by Gasteiger charge is 2.22. The van der Waals surface area contributed by atoms with Gasteiger partial charge in [-0.05, 0) is 37.5 Å². The van der Waals surface area contributed by atoms with Gasteiger partial charge >= 0.3 is 0 Å². The van der Waals surface area contributed by atoms with Crippen molar-refractivity contribution in [2.45, 2.75) is 19.3 Å². The summed E-state index contributed by atoms with van der Waals surface area (Å²) in [4.78, 5) is 10.9. The SMILES string of the molecule is O=Cc1nn(-c2cccc(F)c2)c2c1CCC2. The van der Waals surface area contributed by atoms with E-state index in [1.54, 1.807) is 16.8 Å². The zero-order chi connectivity index (χ0) is 11.8. The van der Waals surface area contributed by atoms with Crippen molar-refractivity contribution in [3.05, 3.63) is 47.0 Å². The van der Waals surface area contributed by atoms with Gasteiger partial charge in [0.1, 0.15) is 11.5 Å². The van der Waals surface area contributed by atoms with E-state index in [2.05, 4.69) is 5.10 Å². The van der Waals surface area contributed by atoms with Crippen molar-refractivity contribution < 1.29 is 9.18 Å². The Labute approximate surface area is 97.9 Å². The zero-order valence-corrected chi connectivity index (χ0v) is 9.19. The number of hydrogen-bond acceptors (Lipinski definition) is 2. The number of hydrogen-bond donors (Lipinski definition) is 0. The predicted octanol–water partition coefficient (Wildman–Crippen LogP) is 2.31. The van der Waals surface area contributed by atoms with Crippen LogP contribution in [0.2, 0.25) is 0 Å². The Morgan fingerprint density at radius 1 is 1.35 bits per heavy atom. The molecule has 0 aliphatic heterocycles. The van der Waals surface area contributed by atoms with E-state index >= 15 is 0 Å². The lowest BCUT2D eigenvalue weighted by Crippen LogP contribution is -2.01. The highest BCUT2D eigenvalue weighted by atomic mass is 19.1. The molecule has 1 aromatic carbocycles. The van der Waals surface area contributed by atoms with Gasteiger partial charge in [-0.1, -0.05) is 6.07 Å². The maximum absolute atomic E-state index is 13.2. The second-order valence-electron chi connectivity index (χ2n) is 4.17. The summed E-state index contributed by atoms with van der Waals surface area (Å²) in [5.41, 5.74) is 3.22. The van der Waals surface area contributed by atoms with Crippen molar-refractivity contribution in [1.82, 2.24) is 9.78 Å². The lowest BCUT2D eigenvalue weighted by atomic mass is 10.2. The second kappa shape index (κ2) is 3.80. The first-order chi connectivity index (χ1) is 8.29. The molecule has 3 rings (SSSR count). The van der Waals surface area contributed by atoms with E-state index in [0.717, 1.165) is 36.8 Å². The minimum absolute atomic E-state index is 0.294. The van der Waals surface area contributed by atoms with Crippen molar-refractivity contribution in [2.75, 3.05) is 0 Å². The number of aldehydes is 1. The van der Waals surface area contributed by atoms with Crippen molar-refractivity contribution in [3.63, 3.8) is 0 Å². The highest BCUT2D eigenvalue weighted by Crippen LogP contribution is 2.27. The molecule has 1 heterocycles. The van der Waals surface area contributed by atoms with Crippen LogP contribution < -0.4 is 0 Å². The maximum Gasteiger partial charge on any atom is 0.170 e. The fourth-order valence-corrected chi connectivity index (χ4v) is 2.38.